The second kappa shape index (κ2) is 5.25. The lowest BCUT2D eigenvalue weighted by Gasteiger charge is -2.00. The van der Waals surface area contributed by atoms with Gasteiger partial charge in [-0.15, -0.1) is 0 Å². The van der Waals surface area contributed by atoms with Crippen LogP contribution in [0.3, 0.4) is 0 Å². The number of nitriles is 1. The molecule has 0 radical (unpaired) electrons. The molecule has 0 saturated heterocycles. The summed E-state index contributed by atoms with van der Waals surface area (Å²) in [6.07, 6.45) is 4.52. The molecule has 6 heteroatoms. The molecule has 24 heavy (non-hydrogen) atoms. The number of H-pyrrole nitrogens is 2. The number of nitro groups is 1. The van der Waals surface area contributed by atoms with Crippen LogP contribution in [-0.2, 0) is 6.42 Å². The zero-order valence-corrected chi connectivity index (χ0v) is 12.5. The van der Waals surface area contributed by atoms with E-state index in [-0.39, 0.29) is 5.69 Å². The van der Waals surface area contributed by atoms with Crippen molar-refractivity contribution in [3.8, 4) is 6.07 Å². The van der Waals surface area contributed by atoms with Gasteiger partial charge in [0, 0.05) is 47.2 Å². The Morgan fingerprint density at radius 2 is 1.62 bits per heavy atom. The van der Waals surface area contributed by atoms with Crippen molar-refractivity contribution < 1.29 is 4.92 Å². The van der Waals surface area contributed by atoms with Gasteiger partial charge in [-0.25, -0.2) is 0 Å². The van der Waals surface area contributed by atoms with Gasteiger partial charge in [-0.05, 0) is 29.3 Å². The van der Waals surface area contributed by atoms with Crippen molar-refractivity contribution >= 4 is 27.5 Å². The SMILES string of the molecule is N#Cc1ccc2c(Cc3c[nH]c4cc([N+](=O)[O-])ccc34)c[nH]c2c1. The molecule has 0 atom stereocenters. The van der Waals surface area contributed by atoms with E-state index in [1.54, 1.807) is 18.2 Å². The minimum Gasteiger partial charge on any atom is -0.361 e. The van der Waals surface area contributed by atoms with Gasteiger partial charge in [0.15, 0.2) is 0 Å². The van der Waals surface area contributed by atoms with Gasteiger partial charge in [0.1, 0.15) is 0 Å². The molecule has 2 aromatic heterocycles. The smallest absolute Gasteiger partial charge is 0.271 e. The zero-order valence-electron chi connectivity index (χ0n) is 12.5. The maximum absolute atomic E-state index is 10.9. The van der Waals surface area contributed by atoms with E-state index in [4.69, 9.17) is 5.26 Å². The van der Waals surface area contributed by atoms with Crippen LogP contribution in [0.5, 0.6) is 0 Å². The van der Waals surface area contributed by atoms with Crippen LogP contribution in [0.4, 0.5) is 5.69 Å². The zero-order chi connectivity index (χ0) is 16.7. The Bertz CT molecular complexity index is 1130. The molecule has 116 valence electrons. The van der Waals surface area contributed by atoms with Gasteiger partial charge in [0.05, 0.1) is 22.1 Å². The number of aromatic nitrogens is 2. The monoisotopic (exact) mass is 316 g/mol. The maximum atomic E-state index is 10.9. The largest absolute Gasteiger partial charge is 0.361 e. The van der Waals surface area contributed by atoms with Gasteiger partial charge in [-0.2, -0.15) is 5.26 Å². The lowest BCUT2D eigenvalue weighted by atomic mass is 10.0. The fourth-order valence-corrected chi connectivity index (χ4v) is 3.04. The number of aromatic amines is 2. The van der Waals surface area contributed by atoms with Crippen molar-refractivity contribution in [3.63, 3.8) is 0 Å². The van der Waals surface area contributed by atoms with Gasteiger partial charge in [-0.3, -0.25) is 10.1 Å². The van der Waals surface area contributed by atoms with Crippen LogP contribution >= 0.6 is 0 Å². The van der Waals surface area contributed by atoms with Gasteiger partial charge >= 0.3 is 0 Å². The molecule has 2 aromatic carbocycles. The predicted molar refractivity (Wildman–Crippen MR) is 90.8 cm³/mol. The first kappa shape index (κ1) is 14.0. The molecule has 2 heterocycles. The number of hydrogen-bond acceptors (Lipinski definition) is 3. The van der Waals surface area contributed by atoms with Gasteiger partial charge in [-0.1, -0.05) is 6.07 Å². The molecule has 0 amide bonds. The first-order valence-corrected chi connectivity index (χ1v) is 7.40. The van der Waals surface area contributed by atoms with Crippen LogP contribution in [-0.4, -0.2) is 14.9 Å². The van der Waals surface area contributed by atoms with Crippen molar-refractivity contribution in [2.75, 3.05) is 0 Å². The highest BCUT2D eigenvalue weighted by molar-refractivity contribution is 5.88. The molecule has 4 rings (SSSR count). The highest BCUT2D eigenvalue weighted by Crippen LogP contribution is 2.27. The normalized spacial score (nSPS) is 11.0. The topological polar surface area (TPSA) is 98.5 Å². The Hall–Kier alpha value is -3.59. The van der Waals surface area contributed by atoms with E-state index in [1.807, 2.05) is 24.5 Å². The number of benzene rings is 2. The Labute approximate surface area is 136 Å². The molecule has 6 nitrogen and oxygen atoms in total. The first-order chi connectivity index (χ1) is 11.7. The van der Waals surface area contributed by atoms with Crippen molar-refractivity contribution in [1.82, 2.24) is 9.97 Å². The lowest BCUT2D eigenvalue weighted by Crippen LogP contribution is -1.88. The van der Waals surface area contributed by atoms with Crippen LogP contribution in [0.15, 0.2) is 48.8 Å². The predicted octanol–water partition coefficient (Wildman–Crippen LogP) is 4.02. The Morgan fingerprint density at radius 1 is 1.00 bits per heavy atom. The third-order valence-electron chi connectivity index (χ3n) is 4.24. The first-order valence-electron chi connectivity index (χ1n) is 7.40. The average molecular weight is 316 g/mol. The van der Waals surface area contributed by atoms with Gasteiger partial charge < -0.3 is 9.97 Å². The molecular weight excluding hydrogens is 304 g/mol. The molecule has 4 aromatic rings. The number of non-ortho nitro benzene ring substituents is 1. The van der Waals surface area contributed by atoms with Crippen LogP contribution < -0.4 is 0 Å². The molecule has 0 bridgehead atoms. The number of fused-ring (bicyclic) bond motifs is 2. The second-order valence-electron chi connectivity index (χ2n) is 5.66. The molecule has 0 fully saturated rings. The summed E-state index contributed by atoms with van der Waals surface area (Å²) >= 11 is 0. The fourth-order valence-electron chi connectivity index (χ4n) is 3.04. The van der Waals surface area contributed by atoms with Crippen molar-refractivity contribution in [2.45, 2.75) is 6.42 Å². The second-order valence-corrected chi connectivity index (χ2v) is 5.66. The van der Waals surface area contributed by atoms with Gasteiger partial charge in [0.2, 0.25) is 0 Å². The van der Waals surface area contributed by atoms with E-state index in [9.17, 15) is 10.1 Å². The fraction of sp³-hybridized carbons (Fsp3) is 0.0556. The molecule has 0 aliphatic heterocycles. The Balaban J connectivity index is 1.74. The van der Waals surface area contributed by atoms with Crippen LogP contribution in [0, 0.1) is 21.4 Å². The van der Waals surface area contributed by atoms with Crippen molar-refractivity contribution in [1.29, 1.82) is 5.26 Å². The summed E-state index contributed by atoms with van der Waals surface area (Å²) in [6.45, 7) is 0. The molecule has 0 unspecified atom stereocenters. The van der Waals surface area contributed by atoms with E-state index in [0.717, 1.165) is 32.9 Å². The minimum atomic E-state index is -0.396. The average Bonchev–Trinajstić information content (AvgIpc) is 3.18. The van der Waals surface area contributed by atoms with E-state index in [2.05, 4.69) is 16.0 Å². The maximum Gasteiger partial charge on any atom is 0.271 e. The summed E-state index contributed by atoms with van der Waals surface area (Å²) in [7, 11) is 0. The number of nitrogens with one attached hydrogen (secondary N) is 2. The standard InChI is InChI=1S/C18H12N4O2/c19-8-11-1-3-15-12(9-20-17(15)5-11)6-13-10-21-18-7-14(22(23)24)2-4-16(13)18/h1-5,7,9-10,20-21H,6H2. The molecule has 0 saturated carbocycles. The molecular formula is C18H12N4O2. The van der Waals surface area contributed by atoms with E-state index < -0.39 is 4.92 Å². The summed E-state index contributed by atoms with van der Waals surface area (Å²) in [5.74, 6) is 0. The van der Waals surface area contributed by atoms with Crippen molar-refractivity contribution in [3.05, 3.63) is 75.6 Å². The quantitative estimate of drug-likeness (QED) is 0.441. The number of rotatable bonds is 3. The van der Waals surface area contributed by atoms with E-state index in [1.165, 1.54) is 6.07 Å². The van der Waals surface area contributed by atoms with Crippen LogP contribution in [0.2, 0.25) is 0 Å². The number of hydrogen-bond donors (Lipinski definition) is 2. The van der Waals surface area contributed by atoms with Crippen LogP contribution in [0.1, 0.15) is 16.7 Å². The summed E-state index contributed by atoms with van der Waals surface area (Å²) < 4.78 is 0. The minimum absolute atomic E-state index is 0.0760. The third kappa shape index (κ3) is 2.20. The van der Waals surface area contributed by atoms with Crippen molar-refractivity contribution in [2.24, 2.45) is 0 Å². The summed E-state index contributed by atoms with van der Waals surface area (Å²) in [5.41, 5.74) is 4.58. The van der Waals surface area contributed by atoms with E-state index in [0.29, 0.717) is 12.0 Å². The van der Waals surface area contributed by atoms with E-state index >= 15 is 0 Å². The van der Waals surface area contributed by atoms with Gasteiger partial charge in [0.25, 0.3) is 5.69 Å². The Morgan fingerprint density at radius 3 is 2.25 bits per heavy atom. The third-order valence-corrected chi connectivity index (χ3v) is 4.24. The Kier molecular flexibility index (Phi) is 3.07. The summed E-state index contributed by atoms with van der Waals surface area (Å²) in [4.78, 5) is 16.8. The molecule has 0 aliphatic rings. The molecule has 2 N–H and O–H groups in total. The summed E-state index contributed by atoms with van der Waals surface area (Å²) in [5, 5.41) is 21.9. The highest BCUT2D eigenvalue weighted by Gasteiger charge is 2.12. The lowest BCUT2D eigenvalue weighted by molar-refractivity contribution is -0.384. The number of nitro benzene ring substituents is 1. The number of nitrogens with zero attached hydrogens (tertiary/aromatic N) is 2. The highest BCUT2D eigenvalue weighted by atomic mass is 16.6. The molecule has 0 aliphatic carbocycles. The molecule has 0 spiro atoms. The summed E-state index contributed by atoms with van der Waals surface area (Å²) in [6, 6.07) is 12.6. The van der Waals surface area contributed by atoms with Crippen LogP contribution in [0.25, 0.3) is 21.8 Å².